The number of rotatable bonds is 6. The second-order valence-electron chi connectivity index (χ2n) is 3.16. The highest BCUT2D eigenvalue weighted by Crippen LogP contribution is 2.06. The zero-order valence-corrected chi connectivity index (χ0v) is 9.98. The summed E-state index contributed by atoms with van der Waals surface area (Å²) in [7, 11) is -3.48. The number of halogens is 1. The minimum Gasteiger partial charge on any atom is -0.266 e. The lowest BCUT2D eigenvalue weighted by atomic mass is 10.2. The molecule has 0 amide bonds. The van der Waals surface area contributed by atoms with Crippen molar-refractivity contribution in [1.82, 2.24) is 14.9 Å². The van der Waals surface area contributed by atoms with Crippen molar-refractivity contribution in [1.29, 1.82) is 0 Å². The van der Waals surface area contributed by atoms with Crippen LogP contribution >= 0.6 is 11.6 Å². The van der Waals surface area contributed by atoms with Gasteiger partial charge in [0.2, 0.25) is 0 Å². The second-order valence-corrected chi connectivity index (χ2v) is 5.51. The molecule has 0 saturated carbocycles. The van der Waals surface area contributed by atoms with Crippen molar-refractivity contribution in [3.05, 3.63) is 12.3 Å². The van der Waals surface area contributed by atoms with E-state index in [9.17, 15) is 8.42 Å². The molecule has 2 N–H and O–H groups in total. The topological polar surface area (TPSA) is 74.8 Å². The van der Waals surface area contributed by atoms with Gasteiger partial charge in [0.25, 0.3) is 10.0 Å². The van der Waals surface area contributed by atoms with Crippen LogP contribution in [0.4, 0.5) is 0 Å². The Labute approximate surface area is 94.3 Å². The Bertz CT molecular complexity index is 377. The van der Waals surface area contributed by atoms with Gasteiger partial charge in [-0.1, -0.05) is 13.3 Å². The van der Waals surface area contributed by atoms with E-state index in [0.29, 0.717) is 0 Å². The summed E-state index contributed by atoms with van der Waals surface area (Å²) < 4.78 is 25.5. The van der Waals surface area contributed by atoms with E-state index in [-0.39, 0.29) is 16.9 Å². The van der Waals surface area contributed by atoms with Crippen LogP contribution in [0, 0.1) is 0 Å². The fourth-order valence-electron chi connectivity index (χ4n) is 1.09. The molecule has 0 bridgehead atoms. The standard InChI is InChI=1S/C8H14ClN3O2S/c1-2-3-7(9)6-11-15(13,14)8-4-5-10-12-8/h4-5,7,11H,2-3,6H2,1H3,(H,10,12). The first-order chi connectivity index (χ1) is 7.06. The van der Waals surface area contributed by atoms with Gasteiger partial charge in [-0.25, -0.2) is 13.1 Å². The highest BCUT2D eigenvalue weighted by Gasteiger charge is 2.16. The molecule has 0 aliphatic carbocycles. The first kappa shape index (κ1) is 12.5. The highest BCUT2D eigenvalue weighted by atomic mass is 35.5. The lowest BCUT2D eigenvalue weighted by Crippen LogP contribution is -2.30. The molecule has 7 heteroatoms. The van der Waals surface area contributed by atoms with Gasteiger partial charge in [-0.3, -0.25) is 5.10 Å². The van der Waals surface area contributed by atoms with Gasteiger partial charge in [0.15, 0.2) is 5.03 Å². The van der Waals surface area contributed by atoms with Gasteiger partial charge in [0.1, 0.15) is 0 Å². The molecule has 86 valence electrons. The molecule has 1 rings (SSSR count). The summed E-state index contributed by atoms with van der Waals surface area (Å²) in [6.07, 6.45) is 3.10. The number of nitrogens with one attached hydrogen (secondary N) is 2. The predicted octanol–water partition coefficient (Wildman–Crippen LogP) is 1.10. The van der Waals surface area contributed by atoms with Gasteiger partial charge in [-0.2, -0.15) is 5.10 Å². The average molecular weight is 252 g/mol. The lowest BCUT2D eigenvalue weighted by molar-refractivity contribution is 0.572. The summed E-state index contributed by atoms with van der Waals surface area (Å²) >= 11 is 5.90. The number of aromatic nitrogens is 2. The summed E-state index contributed by atoms with van der Waals surface area (Å²) in [5, 5.41) is 5.85. The third kappa shape index (κ3) is 3.81. The third-order valence-corrected chi connectivity index (χ3v) is 3.59. The minimum atomic E-state index is -3.48. The van der Waals surface area contributed by atoms with Gasteiger partial charge in [-0.15, -0.1) is 11.6 Å². The van der Waals surface area contributed by atoms with E-state index in [2.05, 4.69) is 14.9 Å². The summed E-state index contributed by atoms with van der Waals surface area (Å²) in [6, 6.07) is 1.39. The number of nitrogens with zero attached hydrogens (tertiary/aromatic N) is 1. The van der Waals surface area contributed by atoms with Gasteiger partial charge in [0, 0.05) is 11.9 Å². The van der Waals surface area contributed by atoms with E-state index in [1.807, 2.05) is 6.92 Å². The van der Waals surface area contributed by atoms with Crippen molar-refractivity contribution in [3.63, 3.8) is 0 Å². The van der Waals surface area contributed by atoms with Crippen LogP contribution in [0.5, 0.6) is 0 Å². The molecule has 1 heterocycles. The molecule has 1 aromatic heterocycles. The number of hydrogen-bond acceptors (Lipinski definition) is 3. The Kier molecular flexibility index (Phi) is 4.56. The van der Waals surface area contributed by atoms with Crippen molar-refractivity contribution < 1.29 is 8.42 Å². The minimum absolute atomic E-state index is 0.0582. The molecule has 0 radical (unpaired) electrons. The van der Waals surface area contributed by atoms with Crippen molar-refractivity contribution in [2.75, 3.05) is 6.54 Å². The van der Waals surface area contributed by atoms with Crippen molar-refractivity contribution in [2.24, 2.45) is 0 Å². The van der Waals surface area contributed by atoms with E-state index in [1.54, 1.807) is 0 Å². The number of hydrogen-bond donors (Lipinski definition) is 2. The number of H-pyrrole nitrogens is 1. The quantitative estimate of drug-likeness (QED) is 0.744. The monoisotopic (exact) mass is 251 g/mol. The molecule has 15 heavy (non-hydrogen) atoms. The predicted molar refractivity (Wildman–Crippen MR) is 58.3 cm³/mol. The number of sulfonamides is 1. The molecular weight excluding hydrogens is 238 g/mol. The van der Waals surface area contributed by atoms with Crippen molar-refractivity contribution in [2.45, 2.75) is 30.2 Å². The first-order valence-electron chi connectivity index (χ1n) is 4.69. The second kappa shape index (κ2) is 5.48. The Morgan fingerprint density at radius 2 is 2.40 bits per heavy atom. The normalized spacial score (nSPS) is 14.0. The number of aromatic amines is 1. The first-order valence-corrected chi connectivity index (χ1v) is 6.61. The lowest BCUT2D eigenvalue weighted by Gasteiger charge is -2.08. The van der Waals surface area contributed by atoms with Gasteiger partial charge >= 0.3 is 0 Å². The Hall–Kier alpha value is -0.590. The Balaban J connectivity index is 2.52. The summed E-state index contributed by atoms with van der Waals surface area (Å²) in [5.74, 6) is 0. The smallest absolute Gasteiger partial charge is 0.257 e. The van der Waals surface area contributed by atoms with Gasteiger partial charge < -0.3 is 0 Å². The molecule has 0 aliphatic heterocycles. The van der Waals surface area contributed by atoms with Gasteiger partial charge in [-0.05, 0) is 12.5 Å². The van der Waals surface area contributed by atoms with Crippen LogP contribution < -0.4 is 4.72 Å². The van der Waals surface area contributed by atoms with E-state index in [4.69, 9.17) is 11.6 Å². The molecule has 0 fully saturated rings. The molecule has 1 aromatic rings. The zero-order chi connectivity index (χ0) is 11.3. The number of alkyl halides is 1. The van der Waals surface area contributed by atoms with Crippen LogP contribution in [-0.2, 0) is 10.0 Å². The van der Waals surface area contributed by atoms with Crippen LogP contribution in [0.3, 0.4) is 0 Å². The highest BCUT2D eigenvalue weighted by molar-refractivity contribution is 7.89. The van der Waals surface area contributed by atoms with Crippen LogP contribution in [0.1, 0.15) is 19.8 Å². The van der Waals surface area contributed by atoms with Crippen LogP contribution in [0.2, 0.25) is 0 Å². The van der Waals surface area contributed by atoms with Gasteiger partial charge in [0.05, 0.1) is 6.20 Å². The summed E-state index contributed by atoms with van der Waals surface area (Å²) in [4.78, 5) is 0. The maximum Gasteiger partial charge on any atom is 0.257 e. The van der Waals surface area contributed by atoms with Crippen LogP contribution in [0.25, 0.3) is 0 Å². The SMILES string of the molecule is CCCC(Cl)CNS(=O)(=O)c1ccn[nH]1. The molecule has 0 aliphatic rings. The molecule has 5 nitrogen and oxygen atoms in total. The fraction of sp³-hybridized carbons (Fsp3) is 0.625. The molecular formula is C8H14ClN3O2S. The van der Waals surface area contributed by atoms with Crippen LogP contribution in [-0.4, -0.2) is 30.5 Å². The molecule has 0 spiro atoms. The molecule has 1 atom stereocenters. The molecule has 0 saturated heterocycles. The third-order valence-electron chi connectivity index (χ3n) is 1.86. The van der Waals surface area contributed by atoms with E-state index < -0.39 is 10.0 Å². The largest absolute Gasteiger partial charge is 0.266 e. The van der Waals surface area contributed by atoms with E-state index >= 15 is 0 Å². The average Bonchev–Trinajstić information content (AvgIpc) is 2.69. The zero-order valence-electron chi connectivity index (χ0n) is 8.40. The summed E-state index contributed by atoms with van der Waals surface area (Å²) in [5.41, 5.74) is 0. The Morgan fingerprint density at radius 1 is 1.67 bits per heavy atom. The molecule has 1 unspecified atom stereocenters. The van der Waals surface area contributed by atoms with Crippen LogP contribution in [0.15, 0.2) is 17.3 Å². The Morgan fingerprint density at radius 3 is 2.93 bits per heavy atom. The maximum absolute atomic E-state index is 11.6. The maximum atomic E-state index is 11.6. The van der Waals surface area contributed by atoms with Crippen molar-refractivity contribution >= 4 is 21.6 Å². The van der Waals surface area contributed by atoms with E-state index in [0.717, 1.165) is 12.8 Å². The van der Waals surface area contributed by atoms with Crippen molar-refractivity contribution in [3.8, 4) is 0 Å². The fourth-order valence-corrected chi connectivity index (χ4v) is 2.46. The summed E-state index contributed by atoms with van der Waals surface area (Å²) in [6.45, 7) is 2.23. The van der Waals surface area contributed by atoms with E-state index in [1.165, 1.54) is 12.3 Å². The molecule has 0 aromatic carbocycles.